The number of fused-ring (bicyclic) bond motifs is 9. The second kappa shape index (κ2) is 12.4. The Morgan fingerprint density at radius 3 is 1.81 bits per heavy atom. The third kappa shape index (κ3) is 4.76. The van der Waals surface area contributed by atoms with Gasteiger partial charge in [0.25, 0.3) is 0 Å². The third-order valence-electron chi connectivity index (χ3n) is 11.3. The van der Waals surface area contributed by atoms with Crippen LogP contribution in [0.2, 0.25) is 0 Å². The van der Waals surface area contributed by atoms with Crippen LogP contribution >= 0.6 is 0 Å². The van der Waals surface area contributed by atoms with E-state index in [2.05, 4.69) is 167 Å². The molecule has 0 radical (unpaired) electrons. The number of furan rings is 1. The quantitative estimate of drug-likeness (QED) is 0.177. The van der Waals surface area contributed by atoms with Gasteiger partial charge in [0.1, 0.15) is 16.7 Å². The Labute approximate surface area is 327 Å². The first-order chi connectivity index (χ1) is 28.3. The van der Waals surface area contributed by atoms with Crippen LogP contribution < -0.4 is 0 Å². The first-order valence-electron chi connectivity index (χ1n) is 19.3. The summed E-state index contributed by atoms with van der Waals surface area (Å²) in [5.74, 6) is 0.674. The summed E-state index contributed by atoms with van der Waals surface area (Å²) < 4.78 is 11.1. The van der Waals surface area contributed by atoms with Crippen LogP contribution in [0, 0.1) is 0 Å². The molecule has 0 saturated carbocycles. The van der Waals surface area contributed by atoms with Crippen molar-refractivity contribution in [2.75, 3.05) is 0 Å². The number of aromatic nitrogens is 4. The maximum atomic E-state index is 6.42. The van der Waals surface area contributed by atoms with E-state index < -0.39 is 0 Å². The van der Waals surface area contributed by atoms with Gasteiger partial charge in [0, 0.05) is 49.4 Å². The molecule has 12 aromatic rings. The Bertz CT molecular complexity index is 3510. The van der Waals surface area contributed by atoms with Gasteiger partial charge < -0.3 is 13.6 Å². The highest BCUT2D eigenvalue weighted by Gasteiger charge is 2.25. The van der Waals surface area contributed by atoms with Crippen molar-refractivity contribution in [1.82, 2.24) is 19.1 Å². The first-order valence-corrected chi connectivity index (χ1v) is 19.3. The number of hydrogen-bond donors (Lipinski definition) is 0. The summed E-state index contributed by atoms with van der Waals surface area (Å²) in [6, 6.07) is 68.3. The highest BCUT2D eigenvalue weighted by atomic mass is 16.3. The zero-order valence-electron chi connectivity index (χ0n) is 30.7. The molecule has 0 unspecified atom stereocenters. The van der Waals surface area contributed by atoms with E-state index in [0.29, 0.717) is 5.82 Å². The molecule has 0 spiro atoms. The largest absolute Gasteiger partial charge is 0.456 e. The molecular formula is C52H32N4O. The fraction of sp³-hybridized carbons (Fsp3) is 0. The van der Waals surface area contributed by atoms with E-state index in [9.17, 15) is 0 Å². The third-order valence-corrected chi connectivity index (χ3v) is 11.3. The van der Waals surface area contributed by atoms with Crippen LogP contribution in [-0.4, -0.2) is 19.1 Å². The van der Waals surface area contributed by atoms with Gasteiger partial charge in [0.05, 0.1) is 27.8 Å². The topological polar surface area (TPSA) is 48.8 Å². The summed E-state index contributed by atoms with van der Waals surface area (Å²) in [4.78, 5) is 10.9. The van der Waals surface area contributed by atoms with Gasteiger partial charge in [-0.1, -0.05) is 133 Å². The Hall–Kier alpha value is -7.76. The van der Waals surface area contributed by atoms with E-state index in [1.165, 1.54) is 27.4 Å². The van der Waals surface area contributed by atoms with Crippen molar-refractivity contribution in [3.05, 3.63) is 194 Å². The minimum atomic E-state index is 0.674. The van der Waals surface area contributed by atoms with E-state index in [-0.39, 0.29) is 0 Å². The summed E-state index contributed by atoms with van der Waals surface area (Å²) in [6.45, 7) is 0. The van der Waals surface area contributed by atoms with Crippen LogP contribution in [0.15, 0.2) is 199 Å². The summed E-state index contributed by atoms with van der Waals surface area (Å²) in [5.41, 5.74) is 14.2. The molecule has 0 atom stereocenters. The molecule has 5 nitrogen and oxygen atoms in total. The lowest BCUT2D eigenvalue weighted by Crippen LogP contribution is -2.00. The van der Waals surface area contributed by atoms with Crippen molar-refractivity contribution >= 4 is 65.7 Å². The average molecular weight is 729 g/mol. The Kier molecular flexibility index (Phi) is 6.86. The second-order valence-corrected chi connectivity index (χ2v) is 14.5. The van der Waals surface area contributed by atoms with Gasteiger partial charge in [0.2, 0.25) is 0 Å². The zero-order valence-corrected chi connectivity index (χ0v) is 30.7. The van der Waals surface area contributed by atoms with E-state index >= 15 is 0 Å². The minimum absolute atomic E-state index is 0.674. The molecule has 266 valence electrons. The highest BCUT2D eigenvalue weighted by Crippen LogP contribution is 2.44. The summed E-state index contributed by atoms with van der Waals surface area (Å²) in [6.07, 6.45) is 0. The monoisotopic (exact) mass is 728 g/mol. The lowest BCUT2D eigenvalue weighted by Gasteiger charge is -2.13. The number of para-hydroxylation sites is 4. The molecule has 57 heavy (non-hydrogen) atoms. The molecular weight excluding hydrogens is 697 g/mol. The smallest absolute Gasteiger partial charge is 0.160 e. The van der Waals surface area contributed by atoms with Crippen molar-refractivity contribution in [3.63, 3.8) is 0 Å². The van der Waals surface area contributed by atoms with Crippen molar-refractivity contribution in [1.29, 1.82) is 0 Å². The molecule has 0 fully saturated rings. The molecule has 0 aliphatic carbocycles. The van der Waals surface area contributed by atoms with Gasteiger partial charge in [-0.05, 0) is 71.8 Å². The van der Waals surface area contributed by atoms with Crippen molar-refractivity contribution in [2.24, 2.45) is 0 Å². The van der Waals surface area contributed by atoms with Crippen LogP contribution in [-0.2, 0) is 0 Å². The predicted octanol–water partition coefficient (Wildman–Crippen LogP) is 13.6. The van der Waals surface area contributed by atoms with Crippen LogP contribution in [0.1, 0.15) is 0 Å². The average Bonchev–Trinajstić information content (AvgIpc) is 3.95. The van der Waals surface area contributed by atoms with E-state index in [1.54, 1.807) is 0 Å². The maximum absolute atomic E-state index is 6.42. The van der Waals surface area contributed by atoms with Gasteiger partial charge in [0.15, 0.2) is 5.82 Å². The van der Waals surface area contributed by atoms with Gasteiger partial charge in [-0.2, -0.15) is 0 Å². The van der Waals surface area contributed by atoms with Crippen molar-refractivity contribution < 1.29 is 4.42 Å². The molecule has 8 aromatic carbocycles. The van der Waals surface area contributed by atoms with Gasteiger partial charge in [-0.25, -0.2) is 9.97 Å². The number of benzene rings is 8. The predicted molar refractivity (Wildman–Crippen MR) is 234 cm³/mol. The van der Waals surface area contributed by atoms with Crippen LogP contribution in [0.4, 0.5) is 0 Å². The molecule has 5 heteroatoms. The van der Waals surface area contributed by atoms with E-state index in [4.69, 9.17) is 14.4 Å². The first kappa shape index (κ1) is 31.6. The normalized spacial score (nSPS) is 11.9. The van der Waals surface area contributed by atoms with Gasteiger partial charge >= 0.3 is 0 Å². The Morgan fingerprint density at radius 1 is 0.386 bits per heavy atom. The molecule has 0 aliphatic heterocycles. The number of rotatable bonds is 5. The number of hydrogen-bond acceptors (Lipinski definition) is 3. The molecule has 4 aromatic heterocycles. The van der Waals surface area contributed by atoms with Crippen molar-refractivity contribution in [2.45, 2.75) is 0 Å². The fourth-order valence-electron chi connectivity index (χ4n) is 8.90. The molecule has 4 heterocycles. The molecule has 0 aliphatic rings. The highest BCUT2D eigenvalue weighted by molar-refractivity contribution is 6.20. The number of nitrogens with zero attached hydrogens (tertiary/aromatic N) is 4. The van der Waals surface area contributed by atoms with E-state index in [1.807, 2.05) is 36.4 Å². The fourth-order valence-corrected chi connectivity index (χ4v) is 8.90. The van der Waals surface area contributed by atoms with E-state index in [0.717, 1.165) is 77.6 Å². The van der Waals surface area contributed by atoms with Crippen LogP contribution in [0.5, 0.6) is 0 Å². The molecule has 0 N–H and O–H groups in total. The molecule has 0 saturated heterocycles. The minimum Gasteiger partial charge on any atom is -0.456 e. The van der Waals surface area contributed by atoms with Crippen LogP contribution in [0.3, 0.4) is 0 Å². The van der Waals surface area contributed by atoms with Crippen LogP contribution in [0.25, 0.3) is 111 Å². The summed E-state index contributed by atoms with van der Waals surface area (Å²) >= 11 is 0. The SMILES string of the molecule is c1ccc(-c2nc(-c3cccc4oc5ccccc5c34)c3c(n2)c2cc(-c4cccc5c4c4ccccc4n5-c4ccccc4)ccc2n3-c2ccccc2)cc1. The standard InChI is InChI=1S/C52H32N4O/c1-4-16-33(17-5-1)52-53-49(40-25-15-29-46-48(40)39-23-11-13-28-45(39)57-46)51-50(54-52)41-32-34(30-31-43(41)56(51)36-20-8-3-9-21-36)37-24-14-27-44-47(37)38-22-10-12-26-42(38)55(44)35-18-6-2-7-19-35/h1-32H. The Morgan fingerprint density at radius 2 is 1.00 bits per heavy atom. The zero-order chi connectivity index (χ0) is 37.5. The maximum Gasteiger partial charge on any atom is 0.160 e. The molecule has 0 bridgehead atoms. The van der Waals surface area contributed by atoms with Crippen molar-refractivity contribution in [3.8, 4) is 45.1 Å². The second-order valence-electron chi connectivity index (χ2n) is 14.5. The lowest BCUT2D eigenvalue weighted by molar-refractivity contribution is 0.669. The Balaban J connectivity index is 1.21. The lowest BCUT2D eigenvalue weighted by atomic mass is 9.98. The summed E-state index contributed by atoms with van der Waals surface area (Å²) in [7, 11) is 0. The van der Waals surface area contributed by atoms with Gasteiger partial charge in [-0.3, -0.25) is 0 Å². The molecule has 0 amide bonds. The van der Waals surface area contributed by atoms with Gasteiger partial charge in [-0.15, -0.1) is 0 Å². The molecule has 12 rings (SSSR count). The summed E-state index contributed by atoms with van der Waals surface area (Å²) in [5, 5.41) is 5.60.